The van der Waals surface area contributed by atoms with Gasteiger partial charge in [-0.25, -0.2) is 4.79 Å². The number of anilines is 1. The van der Waals surface area contributed by atoms with Gasteiger partial charge >= 0.3 is 11.9 Å². The molecule has 0 radical (unpaired) electrons. The van der Waals surface area contributed by atoms with Crippen molar-refractivity contribution in [2.75, 3.05) is 25.3 Å². The maximum absolute atomic E-state index is 12.9. The molecule has 0 unspecified atom stereocenters. The van der Waals surface area contributed by atoms with Gasteiger partial charge in [-0.1, -0.05) is 47.1 Å². The Morgan fingerprint density at radius 3 is 2.28 bits per heavy atom. The van der Waals surface area contributed by atoms with Crippen LogP contribution in [0.5, 0.6) is 0 Å². The van der Waals surface area contributed by atoms with Crippen molar-refractivity contribution in [3.63, 3.8) is 0 Å². The van der Waals surface area contributed by atoms with Gasteiger partial charge in [0, 0.05) is 21.7 Å². The van der Waals surface area contributed by atoms with Crippen LogP contribution in [0.1, 0.15) is 21.8 Å². The van der Waals surface area contributed by atoms with Crippen LogP contribution in [0.4, 0.5) is 5.69 Å². The van der Waals surface area contributed by atoms with Crippen LogP contribution in [0.15, 0.2) is 53.1 Å². The summed E-state index contributed by atoms with van der Waals surface area (Å²) < 4.78 is 9.49. The second-order valence-electron chi connectivity index (χ2n) is 7.43. The van der Waals surface area contributed by atoms with Crippen LogP contribution in [-0.4, -0.2) is 43.7 Å². The molecule has 2 amide bonds. The molecule has 1 heterocycles. The first-order valence-corrected chi connectivity index (χ1v) is 12.0. The average molecular weight is 548 g/mol. The number of ether oxygens (including phenoxy) is 2. The number of esters is 2. The van der Waals surface area contributed by atoms with Crippen molar-refractivity contribution in [3.05, 3.63) is 74.2 Å². The van der Waals surface area contributed by atoms with Gasteiger partial charge in [0.15, 0.2) is 0 Å². The van der Waals surface area contributed by atoms with E-state index in [9.17, 15) is 24.4 Å². The first-order valence-electron chi connectivity index (χ1n) is 10.3. The lowest BCUT2D eigenvalue weighted by atomic mass is 9.78. The lowest BCUT2D eigenvalue weighted by molar-refractivity contribution is -0.150. The number of rotatable bonds is 7. The van der Waals surface area contributed by atoms with Gasteiger partial charge in [0.05, 0.1) is 42.2 Å². The topological polar surface area (TPSA) is 135 Å². The quantitative estimate of drug-likeness (QED) is 0.393. The molecule has 2 aromatic carbocycles. The van der Waals surface area contributed by atoms with E-state index in [1.807, 2.05) is 6.07 Å². The molecule has 0 spiro atoms. The van der Waals surface area contributed by atoms with E-state index in [1.54, 1.807) is 0 Å². The van der Waals surface area contributed by atoms with E-state index >= 15 is 0 Å². The van der Waals surface area contributed by atoms with Gasteiger partial charge < -0.3 is 20.1 Å². The summed E-state index contributed by atoms with van der Waals surface area (Å²) >= 11 is 12.8. The fourth-order valence-corrected chi connectivity index (χ4v) is 4.96. The Morgan fingerprint density at radius 2 is 1.72 bits per heavy atom. The lowest BCUT2D eigenvalue weighted by Crippen LogP contribution is -2.44. The molecule has 0 aliphatic carbocycles. The third-order valence-electron chi connectivity index (χ3n) is 5.17. The van der Waals surface area contributed by atoms with Gasteiger partial charge in [0.25, 0.3) is 0 Å². The molecule has 9 nitrogen and oxygen atoms in total. The van der Waals surface area contributed by atoms with Crippen molar-refractivity contribution in [1.82, 2.24) is 5.32 Å². The van der Waals surface area contributed by atoms with E-state index < -0.39 is 35.6 Å². The zero-order valence-electron chi connectivity index (χ0n) is 19.0. The zero-order valence-corrected chi connectivity index (χ0v) is 21.3. The van der Waals surface area contributed by atoms with Crippen LogP contribution in [0.2, 0.25) is 10.0 Å². The Morgan fingerprint density at radius 1 is 1.08 bits per heavy atom. The molecule has 2 aromatic rings. The molecule has 2 N–H and O–H groups in total. The van der Waals surface area contributed by atoms with Crippen molar-refractivity contribution in [2.45, 2.75) is 5.92 Å². The normalized spacial score (nSPS) is 17.0. The van der Waals surface area contributed by atoms with E-state index in [2.05, 4.69) is 10.6 Å². The summed E-state index contributed by atoms with van der Waals surface area (Å²) in [5.41, 5.74) is 1.14. The van der Waals surface area contributed by atoms with E-state index in [1.165, 1.54) is 49.6 Å². The van der Waals surface area contributed by atoms with Gasteiger partial charge in [-0.05, 0) is 35.9 Å². The minimum Gasteiger partial charge on any atom is -0.468 e. The number of hydrogen-bond donors (Lipinski definition) is 2. The monoisotopic (exact) mass is 547 g/mol. The molecule has 0 fully saturated rings. The highest BCUT2D eigenvalue weighted by atomic mass is 35.5. The van der Waals surface area contributed by atoms with Crippen LogP contribution < -0.4 is 10.6 Å². The van der Waals surface area contributed by atoms with Crippen LogP contribution in [0, 0.1) is 17.2 Å². The molecule has 186 valence electrons. The number of carbonyl (C=O) groups is 4. The summed E-state index contributed by atoms with van der Waals surface area (Å²) in [7, 11) is 2.38. The number of nitriles is 1. The molecule has 0 saturated heterocycles. The molecular formula is C24H19Cl2N3O6S. The fraction of sp³-hybridized carbons (Fsp3) is 0.208. The summed E-state index contributed by atoms with van der Waals surface area (Å²) in [5.74, 6) is -5.03. The van der Waals surface area contributed by atoms with Crippen LogP contribution >= 0.6 is 35.0 Å². The molecule has 0 aromatic heterocycles. The van der Waals surface area contributed by atoms with Gasteiger partial charge in [-0.15, -0.1) is 0 Å². The summed E-state index contributed by atoms with van der Waals surface area (Å²) in [5, 5.41) is 16.0. The second kappa shape index (κ2) is 11.9. The largest absolute Gasteiger partial charge is 0.468 e. The van der Waals surface area contributed by atoms with Crippen molar-refractivity contribution >= 4 is 64.4 Å². The molecule has 36 heavy (non-hydrogen) atoms. The molecule has 1 aliphatic heterocycles. The second-order valence-corrected chi connectivity index (χ2v) is 9.29. The van der Waals surface area contributed by atoms with E-state index in [4.69, 9.17) is 32.7 Å². The average Bonchev–Trinajstić information content (AvgIpc) is 2.85. The van der Waals surface area contributed by atoms with Crippen molar-refractivity contribution in [3.8, 4) is 6.07 Å². The maximum Gasteiger partial charge on any atom is 0.337 e. The van der Waals surface area contributed by atoms with Gasteiger partial charge in [0.1, 0.15) is 5.92 Å². The number of methoxy groups -OCH3 is 2. The third-order valence-corrected chi connectivity index (χ3v) is 6.62. The Balaban J connectivity index is 1.91. The molecule has 12 heteroatoms. The molecule has 2 atom stereocenters. The van der Waals surface area contributed by atoms with E-state index in [-0.39, 0.29) is 21.9 Å². The fourth-order valence-electron chi connectivity index (χ4n) is 3.58. The number of carbonyl (C=O) groups excluding carboxylic acids is 4. The Bertz CT molecular complexity index is 1270. The smallest absolute Gasteiger partial charge is 0.337 e. The van der Waals surface area contributed by atoms with Gasteiger partial charge in [0.2, 0.25) is 11.8 Å². The maximum atomic E-state index is 12.9. The van der Waals surface area contributed by atoms with Crippen molar-refractivity contribution < 1.29 is 28.7 Å². The number of hydrogen-bond acceptors (Lipinski definition) is 8. The highest BCUT2D eigenvalue weighted by molar-refractivity contribution is 8.03. The zero-order chi connectivity index (χ0) is 26.4. The number of nitrogens with zero attached hydrogens (tertiary/aromatic N) is 1. The van der Waals surface area contributed by atoms with Crippen LogP contribution in [-0.2, 0) is 23.9 Å². The summed E-state index contributed by atoms with van der Waals surface area (Å²) in [4.78, 5) is 49.7. The number of nitrogens with one attached hydrogen (secondary N) is 2. The Kier molecular flexibility index (Phi) is 8.98. The van der Waals surface area contributed by atoms with Crippen molar-refractivity contribution in [2.24, 2.45) is 5.92 Å². The highest BCUT2D eigenvalue weighted by Gasteiger charge is 2.44. The molecular weight excluding hydrogens is 529 g/mol. The minimum atomic E-state index is -1.35. The van der Waals surface area contributed by atoms with Gasteiger partial charge in [-0.3, -0.25) is 14.4 Å². The molecule has 0 saturated carbocycles. The lowest BCUT2D eigenvalue weighted by Gasteiger charge is -2.31. The number of halogens is 2. The summed E-state index contributed by atoms with van der Waals surface area (Å²) in [6.45, 7) is 0. The standard InChI is InChI=1S/C24H19Cl2N3O6S/c1-34-23(32)13-5-3-12(4-6-13)19-17(10-27)22(29-21(31)20(19)24(33)35-2)36-11-18(30)28-16-8-14(25)7-15(26)9-16/h3-9,19-20H,11H2,1-2H3,(H,28,30)(H,29,31)/t19-,20-/m0/s1. The van der Waals surface area contributed by atoms with Gasteiger partial charge in [-0.2, -0.15) is 5.26 Å². The predicted molar refractivity (Wildman–Crippen MR) is 134 cm³/mol. The highest BCUT2D eigenvalue weighted by Crippen LogP contribution is 2.40. The Labute approximate surface area is 220 Å². The number of amides is 2. The SMILES string of the molecule is COC(=O)c1ccc([C@H]2C(C#N)=C(SCC(=O)Nc3cc(Cl)cc(Cl)c3)NC(=O)[C@H]2C(=O)OC)cc1. The van der Waals surface area contributed by atoms with Crippen LogP contribution in [0.25, 0.3) is 0 Å². The van der Waals surface area contributed by atoms with E-state index in [0.29, 0.717) is 21.3 Å². The summed E-state index contributed by atoms with van der Waals surface area (Å²) in [6, 6.07) is 12.6. The van der Waals surface area contributed by atoms with Crippen molar-refractivity contribution in [1.29, 1.82) is 5.26 Å². The Hall–Kier alpha value is -3.52. The molecule has 1 aliphatic rings. The molecule has 0 bridgehead atoms. The summed E-state index contributed by atoms with van der Waals surface area (Å²) in [6.07, 6.45) is 0. The first-order chi connectivity index (χ1) is 17.2. The first kappa shape index (κ1) is 27.1. The predicted octanol–water partition coefficient (Wildman–Crippen LogP) is 3.89. The molecule has 3 rings (SSSR count). The number of allylic oxidation sites excluding steroid dienone is 1. The minimum absolute atomic E-state index is 0.0689. The third kappa shape index (κ3) is 6.18. The van der Waals surface area contributed by atoms with Crippen LogP contribution in [0.3, 0.4) is 0 Å². The van der Waals surface area contributed by atoms with E-state index in [0.717, 1.165) is 18.9 Å². The number of benzene rings is 2. The number of thioether (sulfide) groups is 1.